The van der Waals surface area contributed by atoms with Crippen molar-refractivity contribution in [3.8, 4) is 0 Å². The lowest BCUT2D eigenvalue weighted by Gasteiger charge is -2.21. The number of amides is 1. The second-order valence-electron chi connectivity index (χ2n) is 6.79. The van der Waals surface area contributed by atoms with Crippen molar-refractivity contribution in [1.29, 1.82) is 0 Å². The summed E-state index contributed by atoms with van der Waals surface area (Å²) in [7, 11) is -0.793. The van der Waals surface area contributed by atoms with Gasteiger partial charge < -0.3 is 5.32 Å². The van der Waals surface area contributed by atoms with Crippen molar-refractivity contribution >= 4 is 22.4 Å². The summed E-state index contributed by atoms with van der Waals surface area (Å²) in [4.78, 5) is 12.0. The third kappa shape index (κ3) is 3.97. The molecule has 2 aliphatic carbocycles. The molecule has 4 heteroatoms. The van der Waals surface area contributed by atoms with Crippen LogP contribution in [-0.2, 0) is 21.3 Å². The Bertz CT molecular complexity index is 566. The van der Waals surface area contributed by atoms with Gasteiger partial charge in [0.25, 0.3) is 0 Å². The molecule has 0 saturated heterocycles. The summed E-state index contributed by atoms with van der Waals surface area (Å²) < 4.78 is 12.5. The van der Waals surface area contributed by atoms with Gasteiger partial charge in [-0.05, 0) is 42.9 Å². The van der Waals surface area contributed by atoms with Crippen molar-refractivity contribution < 1.29 is 9.00 Å². The SMILES string of the molecule is C[C@@H]1C[C@H]1C(=O)Nc1cccc(C[S@@](=O)C2CCCCC2)c1. The molecular formula is C18H25NO2S. The summed E-state index contributed by atoms with van der Waals surface area (Å²) in [5.74, 6) is 1.42. The lowest BCUT2D eigenvalue weighted by molar-refractivity contribution is -0.117. The molecule has 2 saturated carbocycles. The van der Waals surface area contributed by atoms with Crippen molar-refractivity contribution in [3.05, 3.63) is 29.8 Å². The maximum absolute atomic E-state index is 12.5. The van der Waals surface area contributed by atoms with Crippen LogP contribution in [0.4, 0.5) is 5.69 Å². The molecule has 1 aromatic rings. The van der Waals surface area contributed by atoms with Crippen LogP contribution in [0.25, 0.3) is 0 Å². The molecular weight excluding hydrogens is 294 g/mol. The number of benzene rings is 1. The Morgan fingerprint density at radius 3 is 2.68 bits per heavy atom. The summed E-state index contributed by atoms with van der Waals surface area (Å²) in [6.07, 6.45) is 6.91. The number of carbonyl (C=O) groups is 1. The van der Waals surface area contributed by atoms with Crippen molar-refractivity contribution in [2.24, 2.45) is 11.8 Å². The molecule has 1 aromatic carbocycles. The smallest absolute Gasteiger partial charge is 0.227 e. The molecule has 0 spiro atoms. The minimum atomic E-state index is -0.793. The normalized spacial score (nSPS) is 26.4. The molecule has 0 aliphatic heterocycles. The van der Waals surface area contributed by atoms with Crippen molar-refractivity contribution in [2.45, 2.75) is 56.5 Å². The number of rotatable bonds is 5. The van der Waals surface area contributed by atoms with Gasteiger partial charge in [-0.2, -0.15) is 0 Å². The van der Waals surface area contributed by atoms with Crippen molar-refractivity contribution in [1.82, 2.24) is 0 Å². The molecule has 3 nitrogen and oxygen atoms in total. The second-order valence-corrected chi connectivity index (χ2v) is 8.51. The van der Waals surface area contributed by atoms with Gasteiger partial charge in [0.1, 0.15) is 0 Å². The van der Waals surface area contributed by atoms with E-state index >= 15 is 0 Å². The van der Waals surface area contributed by atoms with E-state index in [-0.39, 0.29) is 11.8 Å². The van der Waals surface area contributed by atoms with Gasteiger partial charge in [0, 0.05) is 33.4 Å². The molecule has 2 fully saturated rings. The topological polar surface area (TPSA) is 46.2 Å². The van der Waals surface area contributed by atoms with E-state index in [0.29, 0.717) is 16.9 Å². The standard InChI is InChI=1S/C18H25NO2S/c1-13-10-17(13)18(20)19-15-7-5-6-14(11-15)12-22(21)16-8-3-2-4-9-16/h5-7,11,13,16-17H,2-4,8-10,12H2,1H3,(H,19,20)/t13-,17-,22-/m1/s1. The minimum Gasteiger partial charge on any atom is -0.326 e. The van der Waals surface area contributed by atoms with E-state index in [4.69, 9.17) is 0 Å². The maximum Gasteiger partial charge on any atom is 0.227 e. The van der Waals surface area contributed by atoms with Crippen LogP contribution in [0.2, 0.25) is 0 Å². The quantitative estimate of drug-likeness (QED) is 0.895. The molecule has 0 bridgehead atoms. The first-order chi connectivity index (χ1) is 10.6. The molecule has 0 unspecified atom stereocenters. The third-order valence-electron chi connectivity index (χ3n) is 4.87. The maximum atomic E-state index is 12.5. The number of carbonyl (C=O) groups excluding carboxylic acids is 1. The van der Waals surface area contributed by atoms with Gasteiger partial charge in [-0.15, -0.1) is 0 Å². The Kier molecular flexibility index (Phi) is 4.97. The van der Waals surface area contributed by atoms with Crippen LogP contribution in [0.1, 0.15) is 51.0 Å². The predicted octanol–water partition coefficient (Wildman–Crippen LogP) is 3.86. The molecule has 0 aromatic heterocycles. The second kappa shape index (κ2) is 6.95. The highest BCUT2D eigenvalue weighted by Crippen LogP contribution is 2.38. The summed E-state index contributed by atoms with van der Waals surface area (Å²) >= 11 is 0. The molecule has 0 heterocycles. The Balaban J connectivity index is 1.58. The predicted molar refractivity (Wildman–Crippen MR) is 91.1 cm³/mol. The number of nitrogens with one attached hydrogen (secondary N) is 1. The van der Waals surface area contributed by atoms with Gasteiger partial charge in [0.15, 0.2) is 0 Å². The zero-order chi connectivity index (χ0) is 15.5. The number of anilines is 1. The molecule has 22 heavy (non-hydrogen) atoms. The van der Waals surface area contributed by atoms with E-state index in [2.05, 4.69) is 12.2 Å². The highest BCUT2D eigenvalue weighted by molar-refractivity contribution is 7.84. The molecule has 0 radical (unpaired) electrons. The van der Waals surface area contributed by atoms with Gasteiger partial charge in [-0.3, -0.25) is 9.00 Å². The minimum absolute atomic E-state index is 0.123. The van der Waals surface area contributed by atoms with Crippen LogP contribution < -0.4 is 5.32 Å². The first kappa shape index (κ1) is 15.7. The number of hydrogen-bond donors (Lipinski definition) is 1. The van der Waals surface area contributed by atoms with E-state index in [1.165, 1.54) is 19.3 Å². The zero-order valence-corrected chi connectivity index (χ0v) is 14.0. The lowest BCUT2D eigenvalue weighted by atomic mass is 10.0. The molecule has 120 valence electrons. The first-order valence-electron chi connectivity index (χ1n) is 8.40. The van der Waals surface area contributed by atoms with Crippen LogP contribution in [-0.4, -0.2) is 15.4 Å². The van der Waals surface area contributed by atoms with E-state index in [0.717, 1.165) is 30.5 Å². The molecule has 1 amide bonds. The average molecular weight is 319 g/mol. The van der Waals surface area contributed by atoms with E-state index in [1.807, 2.05) is 24.3 Å². The average Bonchev–Trinajstić information content (AvgIpc) is 3.25. The van der Waals surface area contributed by atoms with Crippen LogP contribution in [0.3, 0.4) is 0 Å². The molecule has 3 rings (SSSR count). The first-order valence-corrected chi connectivity index (χ1v) is 9.78. The zero-order valence-electron chi connectivity index (χ0n) is 13.2. The number of hydrogen-bond acceptors (Lipinski definition) is 2. The summed E-state index contributed by atoms with van der Waals surface area (Å²) in [6, 6.07) is 7.85. The van der Waals surface area contributed by atoms with Gasteiger partial charge in [0.05, 0.1) is 0 Å². The van der Waals surface area contributed by atoms with E-state index < -0.39 is 10.8 Å². The van der Waals surface area contributed by atoms with E-state index in [1.54, 1.807) is 0 Å². The summed E-state index contributed by atoms with van der Waals surface area (Å²) in [6.45, 7) is 2.11. The monoisotopic (exact) mass is 319 g/mol. The Hall–Kier alpha value is -1.16. The Morgan fingerprint density at radius 2 is 2.00 bits per heavy atom. The van der Waals surface area contributed by atoms with E-state index in [9.17, 15) is 9.00 Å². The fraction of sp³-hybridized carbons (Fsp3) is 0.611. The van der Waals surface area contributed by atoms with Gasteiger partial charge in [0.2, 0.25) is 5.91 Å². The largest absolute Gasteiger partial charge is 0.326 e. The fourth-order valence-corrected chi connectivity index (χ4v) is 4.87. The van der Waals surface area contributed by atoms with Gasteiger partial charge in [-0.1, -0.05) is 38.3 Å². The lowest BCUT2D eigenvalue weighted by Crippen LogP contribution is -2.20. The summed E-state index contributed by atoms with van der Waals surface area (Å²) in [5.41, 5.74) is 1.90. The van der Waals surface area contributed by atoms with Gasteiger partial charge in [-0.25, -0.2) is 0 Å². The molecule has 1 N–H and O–H groups in total. The highest BCUT2D eigenvalue weighted by atomic mass is 32.2. The van der Waals surface area contributed by atoms with Gasteiger partial charge >= 0.3 is 0 Å². The molecule has 2 aliphatic rings. The highest BCUT2D eigenvalue weighted by Gasteiger charge is 2.39. The van der Waals surface area contributed by atoms with Crippen molar-refractivity contribution in [2.75, 3.05) is 5.32 Å². The fourth-order valence-electron chi connectivity index (χ4n) is 3.27. The molecule has 3 atom stereocenters. The Labute approximate surface area is 135 Å². The summed E-state index contributed by atoms with van der Waals surface area (Å²) in [5, 5.41) is 3.35. The van der Waals surface area contributed by atoms with Crippen LogP contribution in [0.5, 0.6) is 0 Å². The van der Waals surface area contributed by atoms with Crippen LogP contribution in [0, 0.1) is 11.8 Å². The van der Waals surface area contributed by atoms with Crippen LogP contribution in [0.15, 0.2) is 24.3 Å². The third-order valence-corrected chi connectivity index (χ3v) is 6.71. The van der Waals surface area contributed by atoms with Crippen molar-refractivity contribution in [3.63, 3.8) is 0 Å². The van der Waals surface area contributed by atoms with Crippen LogP contribution >= 0.6 is 0 Å². The Morgan fingerprint density at radius 1 is 1.27 bits per heavy atom.